The fraction of sp³-hybridized carbons (Fsp3) is 0.118. The van der Waals surface area contributed by atoms with Gasteiger partial charge in [0.15, 0.2) is 6.04 Å². The lowest BCUT2D eigenvalue weighted by atomic mass is 10.2. The third-order valence-corrected chi connectivity index (χ3v) is 3.81. The molecule has 0 aliphatic rings. The van der Waals surface area contributed by atoms with E-state index < -0.39 is 17.9 Å². The molecule has 132 valence electrons. The molecule has 1 aromatic heterocycles. The Balaban J connectivity index is 1.61. The molecule has 0 aliphatic heterocycles. The highest BCUT2D eigenvalue weighted by atomic mass is 35.5. The van der Waals surface area contributed by atoms with Crippen molar-refractivity contribution in [3.63, 3.8) is 0 Å². The van der Waals surface area contributed by atoms with Crippen molar-refractivity contribution in [1.82, 2.24) is 31.1 Å². The number of hydrazine groups is 1. The van der Waals surface area contributed by atoms with Crippen molar-refractivity contribution in [2.45, 2.75) is 13.0 Å². The van der Waals surface area contributed by atoms with E-state index in [9.17, 15) is 9.59 Å². The van der Waals surface area contributed by atoms with Gasteiger partial charge in [-0.25, -0.2) is 0 Å². The predicted octanol–water partition coefficient (Wildman–Crippen LogP) is 2.02. The number of aromatic nitrogens is 4. The van der Waals surface area contributed by atoms with E-state index in [1.165, 1.54) is 10.9 Å². The van der Waals surface area contributed by atoms with Gasteiger partial charge in [0.25, 0.3) is 11.8 Å². The van der Waals surface area contributed by atoms with Gasteiger partial charge in [-0.15, -0.1) is 10.2 Å². The summed E-state index contributed by atoms with van der Waals surface area (Å²) in [4.78, 5) is 25.4. The number of carbonyl (C=O) groups excluding carboxylic acids is 2. The van der Waals surface area contributed by atoms with Crippen molar-refractivity contribution < 1.29 is 9.59 Å². The normalized spacial score (nSPS) is 11.6. The molecular weight excluding hydrogens is 356 g/mol. The third kappa shape index (κ3) is 4.04. The Morgan fingerprint density at radius 3 is 2.58 bits per heavy atom. The van der Waals surface area contributed by atoms with E-state index in [1.807, 2.05) is 30.3 Å². The smallest absolute Gasteiger partial charge is 0.269 e. The van der Waals surface area contributed by atoms with Gasteiger partial charge in [0.1, 0.15) is 0 Å². The number of tetrazole rings is 1. The molecule has 0 radical (unpaired) electrons. The maximum atomic E-state index is 12.2. The molecule has 2 amide bonds. The number of nitrogens with zero attached hydrogens (tertiary/aromatic N) is 4. The van der Waals surface area contributed by atoms with E-state index in [1.54, 1.807) is 25.1 Å². The van der Waals surface area contributed by atoms with Crippen LogP contribution in [0.25, 0.3) is 11.4 Å². The summed E-state index contributed by atoms with van der Waals surface area (Å²) in [5, 5.41) is 12.5. The van der Waals surface area contributed by atoms with E-state index >= 15 is 0 Å². The molecule has 0 fully saturated rings. The van der Waals surface area contributed by atoms with Crippen molar-refractivity contribution in [1.29, 1.82) is 0 Å². The maximum Gasteiger partial charge on any atom is 0.269 e. The summed E-state index contributed by atoms with van der Waals surface area (Å²) in [5.74, 6) is -0.560. The highest BCUT2D eigenvalue weighted by Gasteiger charge is 2.19. The Hall–Kier alpha value is -3.26. The van der Waals surface area contributed by atoms with Gasteiger partial charge in [-0.2, -0.15) is 4.80 Å². The minimum atomic E-state index is -0.764. The van der Waals surface area contributed by atoms with Gasteiger partial charge in [0.05, 0.1) is 0 Å². The molecule has 0 aliphatic carbocycles. The highest BCUT2D eigenvalue weighted by molar-refractivity contribution is 6.30. The molecule has 3 rings (SSSR count). The molecule has 2 N–H and O–H groups in total. The van der Waals surface area contributed by atoms with E-state index in [0.29, 0.717) is 16.4 Å². The second-order valence-electron chi connectivity index (χ2n) is 5.43. The lowest BCUT2D eigenvalue weighted by molar-refractivity contribution is -0.125. The number of halogens is 1. The van der Waals surface area contributed by atoms with E-state index in [-0.39, 0.29) is 0 Å². The number of carbonyl (C=O) groups is 2. The minimum absolute atomic E-state index is 0.329. The summed E-state index contributed by atoms with van der Waals surface area (Å²) in [5.41, 5.74) is 5.79. The highest BCUT2D eigenvalue weighted by Crippen LogP contribution is 2.13. The van der Waals surface area contributed by atoms with Crippen molar-refractivity contribution in [3.05, 3.63) is 65.2 Å². The zero-order chi connectivity index (χ0) is 18.5. The molecule has 9 heteroatoms. The van der Waals surface area contributed by atoms with Crippen LogP contribution < -0.4 is 10.9 Å². The van der Waals surface area contributed by atoms with Gasteiger partial charge < -0.3 is 0 Å². The molecule has 1 heterocycles. The van der Waals surface area contributed by atoms with Crippen molar-refractivity contribution in [2.75, 3.05) is 0 Å². The van der Waals surface area contributed by atoms with E-state index in [0.717, 1.165) is 5.56 Å². The Labute approximate surface area is 154 Å². The van der Waals surface area contributed by atoms with Crippen LogP contribution in [-0.4, -0.2) is 32.0 Å². The number of nitrogens with one attached hydrogen (secondary N) is 2. The SMILES string of the molecule is C[C@H](C(=O)NNC(=O)c1cccc(Cl)c1)n1nnc(-c2ccccc2)n1. The molecule has 26 heavy (non-hydrogen) atoms. The molecule has 0 spiro atoms. The zero-order valence-electron chi connectivity index (χ0n) is 13.8. The number of benzene rings is 2. The van der Waals surface area contributed by atoms with Gasteiger partial charge >= 0.3 is 0 Å². The Morgan fingerprint density at radius 1 is 1.08 bits per heavy atom. The summed E-state index contributed by atoms with van der Waals surface area (Å²) in [6.45, 7) is 1.59. The fourth-order valence-electron chi connectivity index (χ4n) is 2.12. The maximum absolute atomic E-state index is 12.2. The molecule has 2 aromatic carbocycles. The average Bonchev–Trinajstić information content (AvgIpc) is 3.16. The summed E-state index contributed by atoms with van der Waals surface area (Å²) >= 11 is 5.84. The lowest BCUT2D eigenvalue weighted by Crippen LogP contribution is -2.44. The summed E-state index contributed by atoms with van der Waals surface area (Å²) in [6, 6.07) is 14.9. The van der Waals surface area contributed by atoms with Crippen LogP contribution in [0.3, 0.4) is 0 Å². The standard InChI is InChI=1S/C17H15ClN6O2/c1-11(24-22-15(19-23-24)12-6-3-2-4-7-12)16(25)20-21-17(26)13-8-5-9-14(18)10-13/h2-11H,1H3,(H,20,25)(H,21,26)/t11-/m1/s1. The summed E-state index contributed by atoms with van der Waals surface area (Å²) in [6.07, 6.45) is 0. The van der Waals surface area contributed by atoms with E-state index in [2.05, 4.69) is 26.3 Å². The second kappa shape index (κ2) is 7.75. The van der Waals surface area contributed by atoms with Gasteiger partial charge in [-0.1, -0.05) is 48.0 Å². The van der Waals surface area contributed by atoms with Gasteiger partial charge in [0.2, 0.25) is 5.82 Å². The van der Waals surface area contributed by atoms with Crippen LogP contribution in [0.4, 0.5) is 0 Å². The first-order chi connectivity index (χ1) is 12.5. The molecule has 8 nitrogen and oxygen atoms in total. The topological polar surface area (TPSA) is 102 Å². The number of hydrogen-bond acceptors (Lipinski definition) is 5. The average molecular weight is 371 g/mol. The number of rotatable bonds is 4. The quantitative estimate of drug-likeness (QED) is 0.684. The van der Waals surface area contributed by atoms with Crippen LogP contribution in [0.1, 0.15) is 23.3 Å². The summed E-state index contributed by atoms with van der Waals surface area (Å²) < 4.78 is 0. The molecule has 0 unspecified atom stereocenters. The molecule has 0 saturated carbocycles. The van der Waals surface area contributed by atoms with Crippen LogP contribution in [0, 0.1) is 0 Å². The van der Waals surface area contributed by atoms with Crippen molar-refractivity contribution >= 4 is 23.4 Å². The van der Waals surface area contributed by atoms with E-state index in [4.69, 9.17) is 11.6 Å². The number of hydrogen-bond donors (Lipinski definition) is 2. The van der Waals surface area contributed by atoms with Crippen molar-refractivity contribution in [3.8, 4) is 11.4 Å². The minimum Gasteiger partial charge on any atom is -0.271 e. The van der Waals surface area contributed by atoms with Crippen molar-refractivity contribution in [2.24, 2.45) is 0 Å². The van der Waals surface area contributed by atoms with Gasteiger partial charge in [-0.3, -0.25) is 20.4 Å². The first kappa shape index (κ1) is 17.6. The molecule has 0 bridgehead atoms. The van der Waals surface area contributed by atoms with Crippen LogP contribution in [0.5, 0.6) is 0 Å². The number of amides is 2. The molecule has 0 saturated heterocycles. The molecule has 1 atom stereocenters. The first-order valence-electron chi connectivity index (χ1n) is 7.75. The van der Waals surface area contributed by atoms with Gasteiger partial charge in [0, 0.05) is 16.1 Å². The van der Waals surface area contributed by atoms with Crippen LogP contribution in [0.2, 0.25) is 5.02 Å². The zero-order valence-corrected chi connectivity index (χ0v) is 14.5. The largest absolute Gasteiger partial charge is 0.271 e. The Morgan fingerprint density at radius 2 is 1.85 bits per heavy atom. The molecule has 3 aromatic rings. The van der Waals surface area contributed by atoms with Gasteiger partial charge in [-0.05, 0) is 30.3 Å². The lowest BCUT2D eigenvalue weighted by Gasteiger charge is -2.11. The third-order valence-electron chi connectivity index (χ3n) is 3.57. The monoisotopic (exact) mass is 370 g/mol. The Bertz CT molecular complexity index is 928. The second-order valence-corrected chi connectivity index (χ2v) is 5.87. The Kier molecular flexibility index (Phi) is 5.23. The molecular formula is C17H15ClN6O2. The van der Waals surface area contributed by atoms with Crippen LogP contribution in [0.15, 0.2) is 54.6 Å². The van der Waals surface area contributed by atoms with Crippen LogP contribution >= 0.6 is 11.6 Å². The van der Waals surface area contributed by atoms with Crippen LogP contribution in [-0.2, 0) is 4.79 Å². The summed E-state index contributed by atoms with van der Waals surface area (Å²) in [7, 11) is 0. The fourth-order valence-corrected chi connectivity index (χ4v) is 2.31. The predicted molar refractivity (Wildman–Crippen MR) is 95.0 cm³/mol. The first-order valence-corrected chi connectivity index (χ1v) is 8.13.